The van der Waals surface area contributed by atoms with E-state index in [1.165, 1.54) is 74.0 Å². The predicted molar refractivity (Wildman–Crippen MR) is 135 cm³/mol. The first-order valence-corrected chi connectivity index (χ1v) is 14.0. The Kier molecular flexibility index (Phi) is 7.82. The molecule has 4 aliphatic rings. The minimum Gasteiger partial charge on any atom is -0.335 e. The number of quaternary nitrogens is 2. The third kappa shape index (κ3) is 5.39. The highest BCUT2D eigenvalue weighted by molar-refractivity contribution is 6.23. The first kappa shape index (κ1) is 25.1. The Morgan fingerprint density at radius 2 is 0.944 bits per heavy atom. The van der Waals surface area contributed by atoms with Gasteiger partial charge < -0.3 is 10.6 Å². The third-order valence-corrected chi connectivity index (χ3v) is 8.69. The van der Waals surface area contributed by atoms with Crippen LogP contribution in [0.3, 0.4) is 0 Å². The number of carbonyl (C=O) groups excluding carboxylic acids is 4. The van der Waals surface area contributed by atoms with E-state index >= 15 is 0 Å². The zero-order valence-corrected chi connectivity index (χ0v) is 21.2. The van der Waals surface area contributed by atoms with Crippen LogP contribution in [0.15, 0.2) is 24.3 Å². The summed E-state index contributed by atoms with van der Waals surface area (Å²) in [6.07, 6.45) is 12.9. The standard InChI is InChI=1S/C28H38N4O4/c33-25-15-23(29-17-19-7-3-1-4-8-19)27(35)31(25)21-11-13-22(14-12-21)32-26(34)16-24(28(32)36)30-18-20-9-5-2-6-10-20/h11-14,19-20,23-24,29-30H,1-10,15-18H2/p+2/t23-,24+. The average Bonchev–Trinajstić information content (AvgIpc) is 3.35. The van der Waals surface area contributed by atoms with Crippen LogP contribution in [0.1, 0.15) is 77.0 Å². The van der Waals surface area contributed by atoms with Gasteiger partial charge in [0.15, 0.2) is 12.1 Å². The molecule has 4 amide bonds. The van der Waals surface area contributed by atoms with Gasteiger partial charge in [-0.05, 0) is 49.9 Å². The Bertz CT molecular complexity index is 903. The van der Waals surface area contributed by atoms with Crippen molar-refractivity contribution in [2.24, 2.45) is 11.8 Å². The minimum atomic E-state index is -0.360. The number of hydrogen-bond donors (Lipinski definition) is 2. The van der Waals surface area contributed by atoms with Crippen molar-refractivity contribution in [1.29, 1.82) is 0 Å². The number of nitrogens with zero attached hydrogens (tertiary/aromatic N) is 2. The molecule has 2 atom stereocenters. The van der Waals surface area contributed by atoms with Gasteiger partial charge in [0, 0.05) is 11.8 Å². The fraction of sp³-hybridized carbons (Fsp3) is 0.643. The number of hydrogen-bond acceptors (Lipinski definition) is 4. The van der Waals surface area contributed by atoms with Crippen molar-refractivity contribution in [3.8, 4) is 0 Å². The molecule has 1 aromatic rings. The number of imide groups is 2. The molecule has 4 fully saturated rings. The average molecular weight is 497 g/mol. The van der Waals surface area contributed by atoms with Crippen molar-refractivity contribution in [2.45, 2.75) is 89.1 Å². The summed E-state index contributed by atoms with van der Waals surface area (Å²) in [7, 11) is 0. The molecule has 194 valence electrons. The molecule has 0 unspecified atom stereocenters. The summed E-state index contributed by atoms with van der Waals surface area (Å²) in [5.74, 6) is 0.540. The topological polar surface area (TPSA) is 108 Å². The summed E-state index contributed by atoms with van der Waals surface area (Å²) in [5, 5.41) is 4.10. The van der Waals surface area contributed by atoms with Crippen molar-refractivity contribution < 1.29 is 29.8 Å². The smallest absolute Gasteiger partial charge is 0.292 e. The first-order chi connectivity index (χ1) is 17.5. The van der Waals surface area contributed by atoms with Crippen molar-refractivity contribution in [3.63, 3.8) is 0 Å². The second-order valence-corrected chi connectivity index (χ2v) is 11.2. The number of nitrogens with two attached hydrogens (primary N) is 2. The Hall–Kier alpha value is -2.58. The number of benzene rings is 1. The van der Waals surface area contributed by atoms with Gasteiger partial charge in [0.25, 0.3) is 11.8 Å². The highest BCUT2D eigenvalue weighted by Crippen LogP contribution is 2.28. The van der Waals surface area contributed by atoms with Gasteiger partial charge in [0.1, 0.15) is 0 Å². The van der Waals surface area contributed by atoms with Crippen LogP contribution in [0.25, 0.3) is 0 Å². The highest BCUT2D eigenvalue weighted by atomic mass is 16.2. The van der Waals surface area contributed by atoms with Crippen LogP contribution < -0.4 is 20.4 Å². The third-order valence-electron chi connectivity index (χ3n) is 8.69. The number of carbonyl (C=O) groups is 4. The Balaban J connectivity index is 1.18. The molecule has 0 bridgehead atoms. The molecule has 0 radical (unpaired) electrons. The molecule has 0 aromatic heterocycles. The summed E-state index contributed by atoms with van der Waals surface area (Å²) in [5.41, 5.74) is 1.00. The van der Waals surface area contributed by atoms with Gasteiger partial charge in [0.2, 0.25) is 11.8 Å². The van der Waals surface area contributed by atoms with Crippen LogP contribution in [0.2, 0.25) is 0 Å². The number of amides is 4. The SMILES string of the molecule is O=C1C[C@H]([NH2+]CC2CCCCC2)C(=O)N1c1ccc(N2C(=O)C[C@@H]([NH2+]CC3CCCCC3)C2=O)cc1. The molecule has 8 nitrogen and oxygen atoms in total. The van der Waals surface area contributed by atoms with E-state index in [9.17, 15) is 19.2 Å². The molecule has 8 heteroatoms. The molecule has 2 aliphatic heterocycles. The monoisotopic (exact) mass is 496 g/mol. The molecule has 4 N–H and O–H groups in total. The quantitative estimate of drug-likeness (QED) is 0.528. The Labute approximate surface area is 213 Å². The van der Waals surface area contributed by atoms with Crippen LogP contribution in [0, 0.1) is 11.8 Å². The van der Waals surface area contributed by atoms with Crippen LogP contribution in [0.5, 0.6) is 0 Å². The molecular formula is C28H40N4O4+2. The summed E-state index contributed by atoms with van der Waals surface area (Å²) in [4.78, 5) is 54.0. The second-order valence-electron chi connectivity index (χ2n) is 11.2. The number of anilines is 2. The summed E-state index contributed by atoms with van der Waals surface area (Å²) < 4.78 is 0. The molecule has 2 saturated heterocycles. The number of rotatable bonds is 8. The van der Waals surface area contributed by atoms with Crippen molar-refractivity contribution in [2.75, 3.05) is 22.9 Å². The lowest BCUT2D eigenvalue weighted by Crippen LogP contribution is -2.92. The van der Waals surface area contributed by atoms with E-state index in [2.05, 4.69) is 10.6 Å². The summed E-state index contributed by atoms with van der Waals surface area (Å²) >= 11 is 0. The van der Waals surface area contributed by atoms with Gasteiger partial charge in [-0.25, -0.2) is 9.80 Å². The van der Waals surface area contributed by atoms with Crippen molar-refractivity contribution in [3.05, 3.63) is 24.3 Å². The molecule has 5 rings (SSSR count). The van der Waals surface area contributed by atoms with Gasteiger partial charge in [-0.15, -0.1) is 0 Å². The van der Waals surface area contributed by atoms with Gasteiger partial charge >= 0.3 is 0 Å². The second kappa shape index (κ2) is 11.2. The summed E-state index contributed by atoms with van der Waals surface area (Å²) in [6.45, 7) is 1.79. The van der Waals surface area contributed by atoms with E-state index in [1.807, 2.05) is 0 Å². The fourth-order valence-corrected chi connectivity index (χ4v) is 6.53. The maximum atomic E-state index is 13.0. The van der Waals surface area contributed by atoms with E-state index < -0.39 is 0 Å². The van der Waals surface area contributed by atoms with Gasteiger partial charge in [-0.2, -0.15) is 0 Å². The first-order valence-electron chi connectivity index (χ1n) is 14.0. The largest absolute Gasteiger partial charge is 0.335 e. The minimum absolute atomic E-state index is 0.172. The maximum Gasteiger partial charge on any atom is 0.292 e. The van der Waals surface area contributed by atoms with Gasteiger partial charge in [-0.1, -0.05) is 38.5 Å². The molecule has 2 aliphatic carbocycles. The van der Waals surface area contributed by atoms with Crippen molar-refractivity contribution in [1.82, 2.24) is 0 Å². The lowest BCUT2D eigenvalue weighted by atomic mass is 9.89. The maximum absolute atomic E-state index is 13.0. The molecule has 36 heavy (non-hydrogen) atoms. The van der Waals surface area contributed by atoms with Crippen LogP contribution in [0.4, 0.5) is 11.4 Å². The normalized spacial score (nSPS) is 26.4. The molecule has 2 saturated carbocycles. The Morgan fingerprint density at radius 3 is 1.31 bits per heavy atom. The van der Waals surface area contributed by atoms with E-state index in [0.717, 1.165) is 13.1 Å². The van der Waals surface area contributed by atoms with E-state index in [0.29, 0.717) is 23.2 Å². The summed E-state index contributed by atoms with van der Waals surface area (Å²) in [6, 6.07) is 5.98. The molecule has 2 heterocycles. The highest BCUT2D eigenvalue weighted by Gasteiger charge is 2.44. The molecule has 0 spiro atoms. The van der Waals surface area contributed by atoms with E-state index in [4.69, 9.17) is 0 Å². The predicted octanol–water partition coefficient (Wildman–Crippen LogP) is 1.24. The van der Waals surface area contributed by atoms with E-state index in [-0.39, 0.29) is 48.6 Å². The zero-order valence-electron chi connectivity index (χ0n) is 21.2. The zero-order chi connectivity index (χ0) is 25.1. The molecular weight excluding hydrogens is 456 g/mol. The molecule has 1 aromatic carbocycles. The lowest BCUT2D eigenvalue weighted by Gasteiger charge is -2.21. The van der Waals surface area contributed by atoms with Crippen LogP contribution >= 0.6 is 0 Å². The van der Waals surface area contributed by atoms with Crippen molar-refractivity contribution >= 4 is 35.0 Å². The van der Waals surface area contributed by atoms with E-state index in [1.54, 1.807) is 24.3 Å². The Morgan fingerprint density at radius 1 is 0.583 bits per heavy atom. The van der Waals surface area contributed by atoms with Crippen LogP contribution in [-0.2, 0) is 19.2 Å². The van der Waals surface area contributed by atoms with Gasteiger partial charge in [0.05, 0.1) is 37.3 Å². The fourth-order valence-electron chi connectivity index (χ4n) is 6.53. The lowest BCUT2D eigenvalue weighted by molar-refractivity contribution is -0.680. The van der Waals surface area contributed by atoms with Gasteiger partial charge in [-0.3, -0.25) is 19.2 Å². The van der Waals surface area contributed by atoms with Crippen LogP contribution in [-0.4, -0.2) is 48.8 Å².